The standard InChI is InChI=1S/C5H6ClN3O/c1-9-3(2-10)4(6)8-5(9)7/h2H,1H3,(H2,7,8). The monoisotopic (exact) mass is 159 g/mol. The van der Waals surface area contributed by atoms with Crippen molar-refractivity contribution in [3.05, 3.63) is 10.8 Å². The first-order valence-corrected chi connectivity index (χ1v) is 2.97. The molecule has 4 nitrogen and oxygen atoms in total. The summed E-state index contributed by atoms with van der Waals surface area (Å²) in [7, 11) is 1.62. The largest absolute Gasteiger partial charge is 0.369 e. The Hall–Kier alpha value is -1.03. The van der Waals surface area contributed by atoms with Crippen molar-refractivity contribution in [1.29, 1.82) is 0 Å². The van der Waals surface area contributed by atoms with E-state index in [1.807, 2.05) is 0 Å². The van der Waals surface area contributed by atoms with Crippen LogP contribution in [0.15, 0.2) is 0 Å². The number of carbonyl (C=O) groups excluding carboxylic acids is 1. The van der Waals surface area contributed by atoms with Crippen molar-refractivity contribution in [1.82, 2.24) is 9.55 Å². The van der Waals surface area contributed by atoms with E-state index >= 15 is 0 Å². The SMILES string of the molecule is Cn1c(N)nc(Cl)c1C=O. The number of imidazole rings is 1. The van der Waals surface area contributed by atoms with Crippen LogP contribution in [-0.2, 0) is 7.05 Å². The van der Waals surface area contributed by atoms with Crippen LogP contribution in [0.3, 0.4) is 0 Å². The maximum Gasteiger partial charge on any atom is 0.201 e. The highest BCUT2D eigenvalue weighted by atomic mass is 35.5. The summed E-state index contributed by atoms with van der Waals surface area (Å²) in [5.74, 6) is 0.243. The zero-order chi connectivity index (χ0) is 7.72. The number of nitrogen functional groups attached to an aromatic ring is 1. The van der Waals surface area contributed by atoms with E-state index in [1.54, 1.807) is 7.05 Å². The molecule has 0 atom stereocenters. The zero-order valence-electron chi connectivity index (χ0n) is 5.34. The number of aromatic nitrogens is 2. The third-order valence-electron chi connectivity index (χ3n) is 1.24. The second kappa shape index (κ2) is 2.30. The maximum absolute atomic E-state index is 10.3. The highest BCUT2D eigenvalue weighted by Crippen LogP contribution is 2.14. The van der Waals surface area contributed by atoms with Crippen molar-refractivity contribution in [2.75, 3.05) is 5.73 Å². The molecule has 5 heteroatoms. The smallest absolute Gasteiger partial charge is 0.201 e. The van der Waals surface area contributed by atoms with E-state index < -0.39 is 0 Å². The molecule has 0 aliphatic heterocycles. The van der Waals surface area contributed by atoms with Gasteiger partial charge >= 0.3 is 0 Å². The molecular formula is C5H6ClN3O. The summed E-state index contributed by atoms with van der Waals surface area (Å²) in [6.45, 7) is 0. The highest BCUT2D eigenvalue weighted by Gasteiger charge is 2.08. The third-order valence-corrected chi connectivity index (χ3v) is 1.52. The van der Waals surface area contributed by atoms with Gasteiger partial charge < -0.3 is 10.3 Å². The first-order chi connectivity index (χ1) is 4.66. The van der Waals surface area contributed by atoms with Crippen LogP contribution >= 0.6 is 11.6 Å². The van der Waals surface area contributed by atoms with Crippen LogP contribution in [0.1, 0.15) is 10.5 Å². The van der Waals surface area contributed by atoms with Gasteiger partial charge in [-0.3, -0.25) is 4.79 Å². The molecule has 0 fully saturated rings. The van der Waals surface area contributed by atoms with E-state index in [0.29, 0.717) is 12.0 Å². The number of rotatable bonds is 1. The zero-order valence-corrected chi connectivity index (χ0v) is 6.09. The lowest BCUT2D eigenvalue weighted by Gasteiger charge is -1.92. The second-order valence-corrected chi connectivity index (χ2v) is 2.18. The summed E-state index contributed by atoms with van der Waals surface area (Å²) in [6.07, 6.45) is 0.617. The molecule has 2 N–H and O–H groups in total. The van der Waals surface area contributed by atoms with Gasteiger partial charge in [0.05, 0.1) is 0 Å². The topological polar surface area (TPSA) is 60.9 Å². The van der Waals surface area contributed by atoms with Crippen LogP contribution in [-0.4, -0.2) is 15.8 Å². The molecule has 1 aromatic rings. The Balaban J connectivity index is 3.33. The Bertz CT molecular complexity index is 268. The number of anilines is 1. The lowest BCUT2D eigenvalue weighted by atomic mass is 10.5. The Morgan fingerprint density at radius 2 is 2.40 bits per heavy atom. The number of nitrogens with two attached hydrogens (primary N) is 1. The fourth-order valence-corrected chi connectivity index (χ4v) is 0.880. The minimum atomic E-state index is 0.148. The third kappa shape index (κ3) is 0.863. The fourth-order valence-electron chi connectivity index (χ4n) is 0.622. The van der Waals surface area contributed by atoms with E-state index in [-0.39, 0.29) is 11.1 Å². The lowest BCUT2D eigenvalue weighted by molar-refractivity contribution is 0.111. The van der Waals surface area contributed by atoms with Gasteiger partial charge in [-0.15, -0.1) is 0 Å². The predicted octanol–water partition coefficient (Wildman–Crippen LogP) is 0.468. The molecule has 10 heavy (non-hydrogen) atoms. The molecule has 0 spiro atoms. The minimum absolute atomic E-state index is 0.148. The van der Waals surface area contributed by atoms with E-state index in [2.05, 4.69) is 4.98 Å². The summed E-state index contributed by atoms with van der Waals surface area (Å²) in [4.78, 5) is 13.9. The summed E-state index contributed by atoms with van der Waals surface area (Å²) in [5, 5.41) is 0.148. The molecule has 0 bridgehead atoms. The van der Waals surface area contributed by atoms with Gasteiger partial charge in [-0.25, -0.2) is 4.98 Å². The van der Waals surface area contributed by atoms with Crippen molar-refractivity contribution in [3.63, 3.8) is 0 Å². The maximum atomic E-state index is 10.3. The number of halogens is 1. The molecule has 0 aliphatic carbocycles. The van der Waals surface area contributed by atoms with Gasteiger partial charge in [0.15, 0.2) is 11.4 Å². The van der Waals surface area contributed by atoms with Crippen LogP contribution in [0.4, 0.5) is 5.95 Å². The van der Waals surface area contributed by atoms with Crippen molar-refractivity contribution >= 4 is 23.8 Å². The number of hydrogen-bond acceptors (Lipinski definition) is 3. The number of aldehydes is 1. The number of hydrogen-bond donors (Lipinski definition) is 1. The molecule has 1 rings (SSSR count). The molecular weight excluding hydrogens is 154 g/mol. The molecule has 0 radical (unpaired) electrons. The highest BCUT2D eigenvalue weighted by molar-refractivity contribution is 6.31. The van der Waals surface area contributed by atoms with Crippen LogP contribution in [0.2, 0.25) is 5.15 Å². The number of nitrogens with zero attached hydrogens (tertiary/aromatic N) is 2. The van der Waals surface area contributed by atoms with Crippen LogP contribution in [0.5, 0.6) is 0 Å². The average Bonchev–Trinajstić information content (AvgIpc) is 2.09. The molecule has 0 aliphatic rings. The Morgan fingerprint density at radius 1 is 1.80 bits per heavy atom. The van der Waals surface area contributed by atoms with Gasteiger partial charge in [0, 0.05) is 7.05 Å². The van der Waals surface area contributed by atoms with E-state index in [1.165, 1.54) is 4.57 Å². The average molecular weight is 160 g/mol. The molecule has 0 amide bonds. The molecule has 0 aromatic carbocycles. The minimum Gasteiger partial charge on any atom is -0.369 e. The molecule has 0 unspecified atom stereocenters. The van der Waals surface area contributed by atoms with Gasteiger partial charge in [0.2, 0.25) is 5.95 Å². The summed E-state index contributed by atoms with van der Waals surface area (Å²) >= 11 is 5.51. The Kier molecular flexibility index (Phi) is 1.63. The summed E-state index contributed by atoms with van der Waals surface area (Å²) < 4.78 is 1.43. The summed E-state index contributed by atoms with van der Waals surface area (Å²) in [5.41, 5.74) is 5.63. The van der Waals surface area contributed by atoms with Crippen LogP contribution in [0, 0.1) is 0 Å². The number of carbonyl (C=O) groups is 1. The van der Waals surface area contributed by atoms with E-state index in [9.17, 15) is 4.79 Å². The lowest BCUT2D eigenvalue weighted by Crippen LogP contribution is -1.99. The van der Waals surface area contributed by atoms with Crippen LogP contribution < -0.4 is 5.73 Å². The normalized spacial score (nSPS) is 9.80. The van der Waals surface area contributed by atoms with Gasteiger partial charge in [-0.1, -0.05) is 11.6 Å². The van der Waals surface area contributed by atoms with E-state index in [4.69, 9.17) is 17.3 Å². The van der Waals surface area contributed by atoms with Gasteiger partial charge in [0.1, 0.15) is 5.69 Å². The predicted molar refractivity (Wildman–Crippen MR) is 38.0 cm³/mol. The fraction of sp³-hybridized carbons (Fsp3) is 0.200. The first-order valence-electron chi connectivity index (χ1n) is 2.59. The van der Waals surface area contributed by atoms with Crippen molar-refractivity contribution in [3.8, 4) is 0 Å². The van der Waals surface area contributed by atoms with Gasteiger partial charge in [0.25, 0.3) is 0 Å². The summed E-state index contributed by atoms with van der Waals surface area (Å²) in [6, 6.07) is 0. The Labute approximate surface area is 62.6 Å². The van der Waals surface area contributed by atoms with Crippen LogP contribution in [0.25, 0.3) is 0 Å². The first kappa shape index (κ1) is 7.08. The van der Waals surface area contributed by atoms with Crippen molar-refractivity contribution in [2.45, 2.75) is 0 Å². The van der Waals surface area contributed by atoms with Gasteiger partial charge in [-0.2, -0.15) is 0 Å². The molecule has 54 valence electrons. The Morgan fingerprint density at radius 3 is 2.60 bits per heavy atom. The molecule has 0 saturated heterocycles. The van der Waals surface area contributed by atoms with Gasteiger partial charge in [-0.05, 0) is 0 Å². The quantitative estimate of drug-likeness (QED) is 0.606. The molecule has 1 heterocycles. The second-order valence-electron chi connectivity index (χ2n) is 1.82. The van der Waals surface area contributed by atoms with Crippen molar-refractivity contribution < 1.29 is 4.79 Å². The van der Waals surface area contributed by atoms with E-state index in [0.717, 1.165) is 0 Å². The molecule has 1 aromatic heterocycles. The van der Waals surface area contributed by atoms with Crippen molar-refractivity contribution in [2.24, 2.45) is 7.05 Å². The molecule has 0 saturated carbocycles.